The first-order chi connectivity index (χ1) is 11.2. The maximum Gasteiger partial charge on any atom is 0.248 e. The Morgan fingerprint density at radius 1 is 1.22 bits per heavy atom. The number of piperidine rings is 1. The number of nitrogens with zero attached hydrogens (tertiary/aromatic N) is 3. The van der Waals surface area contributed by atoms with Crippen LogP contribution in [-0.2, 0) is 6.42 Å². The number of aromatic nitrogens is 2. The van der Waals surface area contributed by atoms with E-state index in [1.165, 1.54) is 5.57 Å². The van der Waals surface area contributed by atoms with Gasteiger partial charge >= 0.3 is 0 Å². The molecular formula is C17H20BN3O2. The van der Waals surface area contributed by atoms with E-state index in [9.17, 15) is 4.79 Å². The molecule has 0 spiro atoms. The molecule has 2 aromatic rings. The average Bonchev–Trinajstić information content (AvgIpc) is 3.05. The molecule has 1 aromatic carbocycles. The third-order valence-corrected chi connectivity index (χ3v) is 4.21. The van der Waals surface area contributed by atoms with Crippen LogP contribution in [0, 0.1) is 0 Å². The Bertz CT molecular complexity index is 714. The van der Waals surface area contributed by atoms with Crippen molar-refractivity contribution >= 4 is 19.2 Å². The summed E-state index contributed by atoms with van der Waals surface area (Å²) in [6.07, 6.45) is 2.41. The summed E-state index contributed by atoms with van der Waals surface area (Å²) < 4.78 is 5.82. The molecule has 3 rings (SSSR count). The lowest BCUT2D eigenvalue weighted by Crippen LogP contribution is -2.35. The van der Waals surface area contributed by atoms with Gasteiger partial charge in [-0.1, -0.05) is 42.8 Å². The first kappa shape index (κ1) is 15.5. The van der Waals surface area contributed by atoms with Crippen molar-refractivity contribution < 1.29 is 9.21 Å². The molecule has 23 heavy (non-hydrogen) atoms. The van der Waals surface area contributed by atoms with Gasteiger partial charge in [0.05, 0.1) is 0 Å². The van der Waals surface area contributed by atoms with Gasteiger partial charge in [-0.25, -0.2) is 0 Å². The molecule has 0 N–H and O–H groups in total. The predicted octanol–water partition coefficient (Wildman–Crippen LogP) is 2.28. The minimum Gasteiger partial charge on any atom is -0.421 e. The number of aryl methyl sites for hydroxylation is 1. The third kappa shape index (κ3) is 3.36. The highest BCUT2D eigenvalue weighted by Gasteiger charge is 2.22. The number of amides is 1. The standard InChI is InChI=1S/C17H20BN3O2/c1-2-14-19-20-16(23-14)15(12-6-4-3-5-7-12)13-8-10-21(11-9-13)17(18)22/h3-7H,2,8-11,18H2,1H3. The van der Waals surface area contributed by atoms with Crippen LogP contribution < -0.4 is 0 Å². The lowest BCUT2D eigenvalue weighted by molar-refractivity contribution is 0.217. The molecule has 0 radical (unpaired) electrons. The van der Waals surface area contributed by atoms with E-state index in [2.05, 4.69) is 22.3 Å². The van der Waals surface area contributed by atoms with Crippen molar-refractivity contribution in [1.29, 1.82) is 0 Å². The van der Waals surface area contributed by atoms with Gasteiger partial charge < -0.3 is 9.32 Å². The van der Waals surface area contributed by atoms with E-state index in [1.807, 2.05) is 30.0 Å². The minimum absolute atomic E-state index is 0.136. The smallest absolute Gasteiger partial charge is 0.248 e. The molecule has 1 amide bonds. The van der Waals surface area contributed by atoms with Crippen molar-refractivity contribution in [3.63, 3.8) is 0 Å². The van der Waals surface area contributed by atoms with Crippen LogP contribution in [0.3, 0.4) is 0 Å². The summed E-state index contributed by atoms with van der Waals surface area (Å²) in [6.45, 7) is 3.49. The lowest BCUT2D eigenvalue weighted by atomic mass is 9.92. The molecule has 1 aliphatic heterocycles. The monoisotopic (exact) mass is 309 g/mol. The molecule has 1 fully saturated rings. The quantitative estimate of drug-likeness (QED) is 0.816. The van der Waals surface area contributed by atoms with Crippen molar-refractivity contribution in [1.82, 2.24) is 15.1 Å². The molecule has 1 aliphatic rings. The summed E-state index contributed by atoms with van der Waals surface area (Å²) in [5.74, 6) is 1.37. The molecular weight excluding hydrogens is 289 g/mol. The zero-order valence-corrected chi connectivity index (χ0v) is 13.6. The molecule has 118 valence electrons. The Labute approximate surface area is 136 Å². The Kier molecular flexibility index (Phi) is 4.60. The summed E-state index contributed by atoms with van der Waals surface area (Å²) in [6, 6.07) is 10.1. The zero-order valence-electron chi connectivity index (χ0n) is 13.6. The van der Waals surface area contributed by atoms with Gasteiger partial charge in [-0.3, -0.25) is 4.79 Å². The fraction of sp³-hybridized carbons (Fsp3) is 0.353. The number of hydrogen-bond acceptors (Lipinski definition) is 4. The van der Waals surface area contributed by atoms with Crippen LogP contribution >= 0.6 is 0 Å². The summed E-state index contributed by atoms with van der Waals surface area (Å²) in [5, 5.41) is 8.34. The number of benzene rings is 1. The number of likely N-dealkylation sites (tertiary alicyclic amines) is 1. The molecule has 5 nitrogen and oxygen atoms in total. The molecule has 0 aliphatic carbocycles. The summed E-state index contributed by atoms with van der Waals surface area (Å²) >= 11 is 0. The topological polar surface area (TPSA) is 59.2 Å². The fourth-order valence-electron chi connectivity index (χ4n) is 2.92. The molecule has 1 aromatic heterocycles. The highest BCUT2D eigenvalue weighted by atomic mass is 16.4. The number of rotatable bonds is 3. The van der Waals surface area contributed by atoms with Gasteiger partial charge in [0.2, 0.25) is 19.6 Å². The summed E-state index contributed by atoms with van der Waals surface area (Å²) in [5.41, 5.74) is 3.39. The van der Waals surface area contributed by atoms with Crippen LogP contribution in [0.5, 0.6) is 0 Å². The second-order valence-corrected chi connectivity index (χ2v) is 5.71. The Balaban J connectivity index is 1.99. The second-order valence-electron chi connectivity index (χ2n) is 5.71. The van der Waals surface area contributed by atoms with E-state index in [4.69, 9.17) is 4.42 Å². The molecule has 1 saturated heterocycles. The van der Waals surface area contributed by atoms with Gasteiger partial charge in [0.15, 0.2) is 5.81 Å². The Morgan fingerprint density at radius 3 is 2.48 bits per heavy atom. The van der Waals surface area contributed by atoms with Crippen LogP contribution in [-0.4, -0.2) is 41.8 Å². The van der Waals surface area contributed by atoms with E-state index < -0.39 is 0 Å². The van der Waals surface area contributed by atoms with Gasteiger partial charge in [-0.05, 0) is 18.4 Å². The van der Waals surface area contributed by atoms with Crippen LogP contribution in [0.2, 0.25) is 0 Å². The summed E-state index contributed by atoms with van der Waals surface area (Å²) in [4.78, 5) is 13.4. The van der Waals surface area contributed by atoms with Gasteiger partial charge in [-0.15, -0.1) is 10.2 Å². The van der Waals surface area contributed by atoms with E-state index in [0.29, 0.717) is 11.8 Å². The first-order valence-electron chi connectivity index (χ1n) is 8.04. The van der Waals surface area contributed by atoms with Crippen LogP contribution in [0.1, 0.15) is 37.1 Å². The normalized spacial score (nSPS) is 14.8. The fourth-order valence-corrected chi connectivity index (χ4v) is 2.92. The van der Waals surface area contributed by atoms with Crippen LogP contribution in [0.25, 0.3) is 5.57 Å². The second kappa shape index (κ2) is 6.81. The highest BCUT2D eigenvalue weighted by molar-refractivity contribution is 6.56. The maximum absolute atomic E-state index is 11.5. The first-order valence-corrected chi connectivity index (χ1v) is 8.04. The van der Waals surface area contributed by atoms with Gasteiger partial charge in [0, 0.05) is 25.1 Å². The van der Waals surface area contributed by atoms with Gasteiger partial charge in [0.25, 0.3) is 0 Å². The van der Waals surface area contributed by atoms with Gasteiger partial charge in [-0.2, -0.15) is 0 Å². The Morgan fingerprint density at radius 2 is 1.91 bits per heavy atom. The van der Waals surface area contributed by atoms with Gasteiger partial charge in [0.1, 0.15) is 0 Å². The van der Waals surface area contributed by atoms with E-state index in [0.717, 1.165) is 43.5 Å². The zero-order chi connectivity index (χ0) is 16.2. The summed E-state index contributed by atoms with van der Waals surface area (Å²) in [7, 11) is 1.62. The maximum atomic E-state index is 11.5. The Hall–Kier alpha value is -2.37. The van der Waals surface area contributed by atoms with Crippen LogP contribution in [0.4, 0.5) is 4.79 Å². The van der Waals surface area contributed by atoms with Crippen molar-refractivity contribution in [3.05, 3.63) is 53.2 Å². The molecule has 0 saturated carbocycles. The molecule has 2 heterocycles. The molecule has 0 bridgehead atoms. The SMILES string of the molecule is BC(=O)N1CCC(=C(c2ccccc2)c2nnc(CC)o2)CC1. The number of carbonyl (C=O) groups is 1. The number of carbonyl (C=O) groups excluding carboxylic acids is 1. The van der Waals surface area contributed by atoms with Crippen molar-refractivity contribution in [2.24, 2.45) is 0 Å². The largest absolute Gasteiger partial charge is 0.421 e. The average molecular weight is 309 g/mol. The van der Waals surface area contributed by atoms with E-state index in [1.54, 1.807) is 7.85 Å². The minimum atomic E-state index is 0.136. The van der Waals surface area contributed by atoms with Crippen molar-refractivity contribution in [2.45, 2.75) is 26.2 Å². The lowest BCUT2D eigenvalue weighted by Gasteiger charge is -2.29. The van der Waals surface area contributed by atoms with E-state index >= 15 is 0 Å². The highest BCUT2D eigenvalue weighted by Crippen LogP contribution is 2.31. The van der Waals surface area contributed by atoms with Crippen LogP contribution in [0.15, 0.2) is 40.3 Å². The number of hydrogen-bond donors (Lipinski definition) is 0. The van der Waals surface area contributed by atoms with E-state index in [-0.39, 0.29) is 5.81 Å². The van der Waals surface area contributed by atoms with Crippen molar-refractivity contribution in [2.75, 3.05) is 13.1 Å². The molecule has 0 unspecified atom stereocenters. The third-order valence-electron chi connectivity index (χ3n) is 4.21. The van der Waals surface area contributed by atoms with Crippen molar-refractivity contribution in [3.8, 4) is 0 Å². The predicted molar refractivity (Wildman–Crippen MR) is 90.9 cm³/mol. The molecule has 0 atom stereocenters. The molecule has 6 heteroatoms.